The van der Waals surface area contributed by atoms with Crippen molar-refractivity contribution in [2.75, 3.05) is 16.8 Å². The highest BCUT2D eigenvalue weighted by atomic mass is 32.2. The van der Waals surface area contributed by atoms with Crippen LogP contribution in [0.2, 0.25) is 0 Å². The van der Waals surface area contributed by atoms with E-state index >= 15 is 0 Å². The molecule has 0 saturated carbocycles. The predicted molar refractivity (Wildman–Crippen MR) is 161 cm³/mol. The molecule has 5 heterocycles. The molecule has 0 radical (unpaired) electrons. The van der Waals surface area contributed by atoms with Crippen LogP contribution >= 0.6 is 0 Å². The van der Waals surface area contributed by atoms with E-state index in [0.29, 0.717) is 29.8 Å². The largest absolute Gasteiger partial charge is 0.362 e. The highest BCUT2D eigenvalue weighted by molar-refractivity contribution is 7.90. The molecule has 3 aromatic rings. The predicted octanol–water partition coefficient (Wildman–Crippen LogP) is 5.60. The lowest BCUT2D eigenvalue weighted by Gasteiger charge is -2.34. The standard InChI is InChI=1S/C31H38N6O3S/c1-30(2,3)17-16-22-13-14-23-28(33-22)37-20-21(19-31(37,4)5)12-15-25(24-9-6-7-18-32-24)34-26-10-8-11-27(35-26)41(39,40)36-29(23)38/h6-11,13-14,16-18,21,25H,12,15,19-20H2,1-5H3,(H,34,35)(H,36,38)/b17-16+/t21-,25+/m0/s1. The van der Waals surface area contributed by atoms with E-state index in [0.717, 1.165) is 25.0 Å². The van der Waals surface area contributed by atoms with Crippen LogP contribution in [-0.2, 0) is 10.0 Å². The quantitative estimate of drug-likeness (QED) is 0.406. The molecule has 5 rings (SSSR count). The van der Waals surface area contributed by atoms with Crippen molar-refractivity contribution in [3.8, 4) is 0 Å². The van der Waals surface area contributed by atoms with E-state index in [4.69, 9.17) is 4.98 Å². The average Bonchev–Trinajstić information content (AvgIpc) is 3.23. The van der Waals surface area contributed by atoms with Crippen LogP contribution < -0.4 is 14.9 Å². The van der Waals surface area contributed by atoms with Crippen molar-refractivity contribution in [2.24, 2.45) is 11.3 Å². The Morgan fingerprint density at radius 1 is 1.02 bits per heavy atom. The number of hydrogen-bond donors (Lipinski definition) is 2. The third-order valence-electron chi connectivity index (χ3n) is 7.57. The van der Waals surface area contributed by atoms with Gasteiger partial charge in [0, 0.05) is 18.3 Å². The number of rotatable bonds is 2. The molecule has 2 aliphatic heterocycles. The van der Waals surface area contributed by atoms with Gasteiger partial charge in [0.2, 0.25) is 0 Å². The number of fused-ring (bicyclic) bond motifs is 6. The van der Waals surface area contributed by atoms with Gasteiger partial charge < -0.3 is 10.2 Å². The molecule has 216 valence electrons. The number of carbonyl (C=O) groups excluding carboxylic acids is 1. The van der Waals surface area contributed by atoms with E-state index in [9.17, 15) is 13.2 Å². The normalized spacial score (nSPS) is 22.3. The van der Waals surface area contributed by atoms with Gasteiger partial charge in [-0.2, -0.15) is 8.42 Å². The van der Waals surface area contributed by atoms with Crippen molar-refractivity contribution >= 4 is 33.6 Å². The number of allylic oxidation sites excluding steroid dienone is 1. The van der Waals surface area contributed by atoms with Crippen molar-refractivity contribution in [3.63, 3.8) is 0 Å². The third-order valence-corrected chi connectivity index (χ3v) is 8.80. The summed E-state index contributed by atoms with van der Waals surface area (Å²) < 4.78 is 29.0. The molecule has 2 N–H and O–H groups in total. The minimum atomic E-state index is -4.26. The van der Waals surface area contributed by atoms with Crippen LogP contribution in [0.25, 0.3) is 6.08 Å². The van der Waals surface area contributed by atoms with Crippen molar-refractivity contribution in [3.05, 3.63) is 77.8 Å². The van der Waals surface area contributed by atoms with Crippen LogP contribution in [0, 0.1) is 11.3 Å². The number of aromatic nitrogens is 3. The Hall–Kier alpha value is -3.79. The number of carbonyl (C=O) groups is 1. The molecule has 0 aromatic carbocycles. The lowest BCUT2D eigenvalue weighted by Crippen LogP contribution is -2.41. The summed E-state index contributed by atoms with van der Waals surface area (Å²) >= 11 is 0. The Morgan fingerprint density at radius 2 is 1.83 bits per heavy atom. The molecule has 3 aromatic heterocycles. The van der Waals surface area contributed by atoms with Crippen LogP contribution in [0.5, 0.6) is 0 Å². The second-order valence-corrected chi connectivity index (χ2v) is 14.3. The number of nitrogens with one attached hydrogen (secondary N) is 2. The number of pyridine rings is 3. The van der Waals surface area contributed by atoms with Gasteiger partial charge in [-0.15, -0.1) is 0 Å². The van der Waals surface area contributed by atoms with Gasteiger partial charge in [-0.1, -0.05) is 39.0 Å². The first-order valence-electron chi connectivity index (χ1n) is 14.0. The van der Waals surface area contributed by atoms with Gasteiger partial charge in [0.25, 0.3) is 15.9 Å². The molecule has 4 bridgehead atoms. The van der Waals surface area contributed by atoms with E-state index in [1.54, 1.807) is 30.5 Å². The topological polar surface area (TPSA) is 117 Å². The molecular weight excluding hydrogens is 536 g/mol. The molecule has 1 saturated heterocycles. The Balaban J connectivity index is 1.61. The SMILES string of the molecule is CC(C)(C)/C=C/c1ccc2c(n1)N1C[C@@H](CC[C@H](c3ccccn3)Nc3cccc(n3)S(=O)(=O)NC2=O)CC1(C)C. The van der Waals surface area contributed by atoms with Gasteiger partial charge in [-0.3, -0.25) is 9.78 Å². The summed E-state index contributed by atoms with van der Waals surface area (Å²) in [6.45, 7) is 11.3. The first kappa shape index (κ1) is 28.7. The van der Waals surface area contributed by atoms with Crippen LogP contribution in [0.15, 0.2) is 65.8 Å². The lowest BCUT2D eigenvalue weighted by molar-refractivity contribution is 0.0981. The number of amides is 1. The van der Waals surface area contributed by atoms with E-state index in [1.165, 1.54) is 6.07 Å². The maximum atomic E-state index is 13.6. The van der Waals surface area contributed by atoms with Gasteiger partial charge in [-0.25, -0.2) is 14.7 Å². The average molecular weight is 575 g/mol. The number of anilines is 2. The van der Waals surface area contributed by atoms with Gasteiger partial charge in [0.1, 0.15) is 11.6 Å². The second kappa shape index (κ2) is 10.9. The summed E-state index contributed by atoms with van der Waals surface area (Å²) in [5.41, 5.74) is 1.44. The van der Waals surface area contributed by atoms with Crippen molar-refractivity contribution in [1.82, 2.24) is 19.7 Å². The van der Waals surface area contributed by atoms with Crippen LogP contribution in [0.1, 0.15) is 81.7 Å². The smallest absolute Gasteiger partial charge is 0.281 e. The molecule has 2 atom stereocenters. The maximum absolute atomic E-state index is 13.6. The van der Waals surface area contributed by atoms with E-state index in [2.05, 4.69) is 65.6 Å². The van der Waals surface area contributed by atoms with Gasteiger partial charge in [0.15, 0.2) is 5.03 Å². The molecule has 1 fully saturated rings. The summed E-state index contributed by atoms with van der Waals surface area (Å²) in [5.74, 6) is 0.478. The Labute approximate surface area is 242 Å². The molecule has 0 unspecified atom stereocenters. The fourth-order valence-electron chi connectivity index (χ4n) is 5.56. The first-order valence-corrected chi connectivity index (χ1v) is 15.5. The van der Waals surface area contributed by atoms with Crippen molar-refractivity contribution < 1.29 is 13.2 Å². The van der Waals surface area contributed by atoms with Gasteiger partial charge in [-0.05, 0) is 86.9 Å². The van der Waals surface area contributed by atoms with Crippen LogP contribution in [0.4, 0.5) is 11.6 Å². The fraction of sp³-hybridized carbons (Fsp3) is 0.419. The molecule has 1 amide bonds. The van der Waals surface area contributed by atoms with E-state index in [-0.39, 0.29) is 27.6 Å². The first-order chi connectivity index (χ1) is 19.3. The zero-order chi connectivity index (χ0) is 29.4. The zero-order valence-electron chi connectivity index (χ0n) is 24.3. The number of sulfonamides is 1. The van der Waals surface area contributed by atoms with E-state index < -0.39 is 15.9 Å². The molecule has 2 aliphatic rings. The van der Waals surface area contributed by atoms with Gasteiger partial charge in [0.05, 0.1) is 23.0 Å². The minimum absolute atomic E-state index is 0.0457. The summed E-state index contributed by atoms with van der Waals surface area (Å²) in [6.07, 6.45) is 8.35. The molecule has 41 heavy (non-hydrogen) atoms. The minimum Gasteiger partial charge on any atom is -0.362 e. The van der Waals surface area contributed by atoms with Crippen molar-refractivity contribution in [1.29, 1.82) is 0 Å². The molecular formula is C31H38N6O3S. The van der Waals surface area contributed by atoms with Crippen molar-refractivity contribution in [2.45, 2.75) is 70.5 Å². The Morgan fingerprint density at radius 3 is 2.56 bits per heavy atom. The molecule has 10 heteroatoms. The molecule has 0 spiro atoms. The monoisotopic (exact) mass is 574 g/mol. The van der Waals surface area contributed by atoms with E-state index in [1.807, 2.05) is 24.3 Å². The summed E-state index contributed by atoms with van der Waals surface area (Å²) in [6, 6.07) is 13.7. The summed E-state index contributed by atoms with van der Waals surface area (Å²) in [5, 5.41) is 3.16. The van der Waals surface area contributed by atoms with Crippen LogP contribution in [0.3, 0.4) is 0 Å². The Kier molecular flexibility index (Phi) is 7.63. The fourth-order valence-corrected chi connectivity index (χ4v) is 6.49. The second-order valence-electron chi connectivity index (χ2n) is 12.6. The molecule has 0 aliphatic carbocycles. The highest BCUT2D eigenvalue weighted by Crippen LogP contribution is 2.40. The summed E-state index contributed by atoms with van der Waals surface area (Å²) in [7, 11) is -4.26. The summed E-state index contributed by atoms with van der Waals surface area (Å²) in [4.78, 5) is 29.6. The third kappa shape index (κ3) is 6.59. The number of nitrogens with zero attached hydrogens (tertiary/aromatic N) is 4. The highest BCUT2D eigenvalue weighted by Gasteiger charge is 2.41. The van der Waals surface area contributed by atoms with Gasteiger partial charge >= 0.3 is 0 Å². The maximum Gasteiger partial charge on any atom is 0.281 e. The lowest BCUT2D eigenvalue weighted by atomic mass is 9.91. The Bertz CT molecular complexity index is 1560. The number of hydrogen-bond acceptors (Lipinski definition) is 8. The molecule has 9 nitrogen and oxygen atoms in total. The van der Waals surface area contributed by atoms with Crippen LogP contribution in [-0.4, -0.2) is 41.4 Å². The zero-order valence-corrected chi connectivity index (χ0v) is 25.1.